The van der Waals surface area contributed by atoms with Crippen molar-refractivity contribution in [3.63, 3.8) is 0 Å². The molecule has 1 amide bonds. The zero-order valence-electron chi connectivity index (χ0n) is 16.4. The lowest BCUT2D eigenvalue weighted by Gasteiger charge is -2.28. The number of nitrogens with zero attached hydrogens (tertiary/aromatic N) is 1. The normalized spacial score (nSPS) is 16.5. The summed E-state index contributed by atoms with van der Waals surface area (Å²) in [6.07, 6.45) is -0.239. The fraction of sp³-hybridized carbons (Fsp3) is 0.600. The Balaban J connectivity index is 1.65. The van der Waals surface area contributed by atoms with Crippen molar-refractivity contribution >= 4 is 11.9 Å². The van der Waals surface area contributed by atoms with E-state index in [1.54, 1.807) is 11.8 Å². The van der Waals surface area contributed by atoms with Crippen molar-refractivity contribution in [2.24, 2.45) is 0 Å². The summed E-state index contributed by atoms with van der Waals surface area (Å²) in [4.78, 5) is 27.6. The number of amides is 1. The molecule has 8 nitrogen and oxygen atoms in total. The number of fused-ring (bicyclic) bond motifs is 1. The third-order valence-electron chi connectivity index (χ3n) is 4.87. The zero-order chi connectivity index (χ0) is 19.8. The quantitative estimate of drug-likeness (QED) is 0.481. The van der Waals surface area contributed by atoms with Crippen LogP contribution in [0.2, 0.25) is 0 Å². The molecule has 2 aliphatic heterocycles. The van der Waals surface area contributed by atoms with E-state index in [1.165, 1.54) is 4.90 Å². The van der Waals surface area contributed by atoms with Gasteiger partial charge >= 0.3 is 5.97 Å². The second kappa shape index (κ2) is 10.3. The molecule has 8 heteroatoms. The lowest BCUT2D eigenvalue weighted by molar-refractivity contribution is -0.907. The summed E-state index contributed by atoms with van der Waals surface area (Å²) >= 11 is 0. The van der Waals surface area contributed by atoms with Gasteiger partial charge in [-0.2, -0.15) is 0 Å². The molecule has 3 rings (SSSR count). The van der Waals surface area contributed by atoms with Crippen molar-refractivity contribution in [3.05, 3.63) is 23.8 Å². The summed E-state index contributed by atoms with van der Waals surface area (Å²) in [7, 11) is 0. The second-order valence-corrected chi connectivity index (χ2v) is 6.89. The Morgan fingerprint density at radius 3 is 2.61 bits per heavy atom. The van der Waals surface area contributed by atoms with Gasteiger partial charge in [0, 0.05) is 6.54 Å². The molecule has 0 saturated carbocycles. The van der Waals surface area contributed by atoms with Crippen LogP contribution in [-0.2, 0) is 25.6 Å². The van der Waals surface area contributed by atoms with Crippen LogP contribution in [0.1, 0.15) is 18.9 Å². The van der Waals surface area contributed by atoms with E-state index in [4.69, 9.17) is 18.9 Å². The highest BCUT2D eigenvalue weighted by Gasteiger charge is 2.22. The van der Waals surface area contributed by atoms with E-state index in [0.717, 1.165) is 44.2 Å². The van der Waals surface area contributed by atoms with Gasteiger partial charge in [-0.1, -0.05) is 6.07 Å². The van der Waals surface area contributed by atoms with Gasteiger partial charge in [-0.3, -0.25) is 9.59 Å². The third-order valence-corrected chi connectivity index (χ3v) is 4.87. The van der Waals surface area contributed by atoms with Crippen LogP contribution in [0.4, 0.5) is 0 Å². The molecule has 0 atom stereocenters. The van der Waals surface area contributed by atoms with Crippen molar-refractivity contribution in [1.29, 1.82) is 0 Å². The van der Waals surface area contributed by atoms with Crippen LogP contribution in [0.25, 0.3) is 0 Å². The predicted molar refractivity (Wildman–Crippen MR) is 100 cm³/mol. The maximum atomic E-state index is 12.7. The first kappa shape index (κ1) is 20.4. The van der Waals surface area contributed by atoms with Crippen LogP contribution in [0.3, 0.4) is 0 Å². The Kier molecular flexibility index (Phi) is 7.50. The molecule has 1 N–H and O–H groups in total. The van der Waals surface area contributed by atoms with Gasteiger partial charge in [0.25, 0.3) is 0 Å². The maximum absolute atomic E-state index is 12.7. The topological polar surface area (TPSA) is 78.7 Å². The fourth-order valence-electron chi connectivity index (χ4n) is 3.35. The maximum Gasteiger partial charge on any atom is 0.315 e. The van der Waals surface area contributed by atoms with Crippen molar-refractivity contribution in [2.75, 3.05) is 59.2 Å². The second-order valence-electron chi connectivity index (χ2n) is 6.89. The molecule has 1 aromatic carbocycles. The molecule has 0 bridgehead atoms. The number of ether oxygens (including phenoxy) is 4. The van der Waals surface area contributed by atoms with Crippen LogP contribution < -0.4 is 14.4 Å². The van der Waals surface area contributed by atoms with Crippen LogP contribution in [0.5, 0.6) is 11.5 Å². The average Bonchev–Trinajstić information content (AvgIpc) is 2.71. The number of benzene rings is 1. The molecule has 2 heterocycles. The van der Waals surface area contributed by atoms with E-state index in [-0.39, 0.29) is 18.9 Å². The fourth-order valence-corrected chi connectivity index (χ4v) is 3.35. The molecule has 1 fully saturated rings. The summed E-state index contributed by atoms with van der Waals surface area (Å²) < 4.78 is 21.5. The van der Waals surface area contributed by atoms with Gasteiger partial charge in [-0.25, -0.2) is 0 Å². The number of quaternary nitrogens is 1. The van der Waals surface area contributed by atoms with Gasteiger partial charge in [0.2, 0.25) is 5.91 Å². The van der Waals surface area contributed by atoms with E-state index in [0.29, 0.717) is 32.1 Å². The van der Waals surface area contributed by atoms with Gasteiger partial charge in [0.1, 0.15) is 32.7 Å². The minimum absolute atomic E-state index is 0.221. The minimum atomic E-state index is -0.488. The number of carbonyl (C=O) groups is 2. The molecular weight excluding hydrogens is 364 g/mol. The lowest BCUT2D eigenvalue weighted by atomic mass is 10.1. The van der Waals surface area contributed by atoms with Crippen molar-refractivity contribution in [1.82, 2.24) is 4.90 Å². The number of nitrogens with one attached hydrogen (secondary N) is 1. The highest BCUT2D eigenvalue weighted by atomic mass is 16.6. The molecule has 1 aromatic rings. The monoisotopic (exact) mass is 393 g/mol. The molecular formula is C20H29N2O6+. The Morgan fingerprint density at radius 1 is 1.11 bits per heavy atom. The lowest BCUT2D eigenvalue weighted by Crippen LogP contribution is -3.14. The first-order valence-corrected chi connectivity index (χ1v) is 9.89. The predicted octanol–water partition coefficient (Wildman–Crippen LogP) is -0.345. The molecule has 1 saturated heterocycles. The first-order valence-electron chi connectivity index (χ1n) is 9.89. The smallest absolute Gasteiger partial charge is 0.315 e. The van der Waals surface area contributed by atoms with Gasteiger partial charge in [0.15, 0.2) is 11.5 Å². The van der Waals surface area contributed by atoms with E-state index in [2.05, 4.69) is 0 Å². The SMILES string of the molecule is CCOC(=O)CC(=O)N(CC[NH+]1CCOCC1)Cc1ccc2c(c1)OCCO2. The highest BCUT2D eigenvalue weighted by Crippen LogP contribution is 2.31. The standard InChI is InChI=1S/C20H28N2O6/c1-2-26-20(24)14-19(23)22(6-5-21-7-9-25-10-8-21)15-16-3-4-17-18(13-16)28-12-11-27-17/h3-4,13H,2,5-12,14-15H2,1H3/p+1. The van der Waals surface area contributed by atoms with Crippen LogP contribution in [-0.4, -0.2) is 76.0 Å². The Labute approximate surface area is 165 Å². The van der Waals surface area contributed by atoms with Crippen LogP contribution in [0.15, 0.2) is 18.2 Å². The zero-order valence-corrected chi connectivity index (χ0v) is 16.4. The summed E-state index contributed by atoms with van der Waals surface area (Å²) in [5.74, 6) is 0.705. The molecule has 0 aromatic heterocycles. The number of rotatable bonds is 8. The Bertz CT molecular complexity index is 675. The molecule has 2 aliphatic rings. The molecule has 154 valence electrons. The Morgan fingerprint density at radius 2 is 1.86 bits per heavy atom. The van der Waals surface area contributed by atoms with Crippen molar-refractivity contribution in [2.45, 2.75) is 19.9 Å². The highest BCUT2D eigenvalue weighted by molar-refractivity contribution is 5.94. The number of esters is 1. The largest absolute Gasteiger partial charge is 0.486 e. The van der Waals surface area contributed by atoms with Crippen molar-refractivity contribution in [3.8, 4) is 11.5 Å². The first-order chi connectivity index (χ1) is 13.7. The molecule has 0 unspecified atom stereocenters. The molecule has 0 aliphatic carbocycles. The van der Waals surface area contributed by atoms with Crippen LogP contribution in [0, 0.1) is 0 Å². The molecule has 0 spiro atoms. The molecule has 28 heavy (non-hydrogen) atoms. The van der Waals surface area contributed by atoms with Crippen molar-refractivity contribution < 1.29 is 33.4 Å². The number of hydrogen-bond acceptors (Lipinski definition) is 6. The van der Waals surface area contributed by atoms with E-state index in [1.807, 2.05) is 18.2 Å². The average molecular weight is 393 g/mol. The van der Waals surface area contributed by atoms with Gasteiger partial charge in [0.05, 0.1) is 32.9 Å². The van der Waals surface area contributed by atoms with Gasteiger partial charge < -0.3 is 28.7 Å². The summed E-state index contributed by atoms with van der Waals surface area (Å²) in [5.41, 5.74) is 0.943. The van der Waals surface area contributed by atoms with E-state index < -0.39 is 5.97 Å². The summed E-state index contributed by atoms with van der Waals surface area (Å²) in [6.45, 7) is 8.23. The van der Waals surface area contributed by atoms with E-state index >= 15 is 0 Å². The van der Waals surface area contributed by atoms with Gasteiger partial charge in [-0.05, 0) is 24.6 Å². The number of carbonyl (C=O) groups excluding carboxylic acids is 2. The Hall–Kier alpha value is -2.32. The minimum Gasteiger partial charge on any atom is -0.486 e. The van der Waals surface area contributed by atoms with E-state index in [9.17, 15) is 9.59 Å². The summed E-state index contributed by atoms with van der Waals surface area (Å²) in [5, 5.41) is 0. The summed E-state index contributed by atoms with van der Waals surface area (Å²) in [6, 6.07) is 5.70. The molecule has 0 radical (unpaired) electrons. The number of morpholine rings is 1. The van der Waals surface area contributed by atoms with Crippen LogP contribution >= 0.6 is 0 Å². The van der Waals surface area contributed by atoms with Gasteiger partial charge in [-0.15, -0.1) is 0 Å². The third kappa shape index (κ3) is 5.84. The number of hydrogen-bond donors (Lipinski definition) is 1.